The first-order chi connectivity index (χ1) is 7.99. The molecule has 1 aromatic carbocycles. The van der Waals surface area contributed by atoms with Gasteiger partial charge in [0.05, 0.1) is 7.11 Å². The van der Waals surface area contributed by atoms with E-state index in [0.29, 0.717) is 17.1 Å². The second-order valence-corrected chi connectivity index (χ2v) is 4.74. The summed E-state index contributed by atoms with van der Waals surface area (Å²) in [6.07, 6.45) is -0.0976. The lowest BCUT2D eigenvalue weighted by atomic mass is 10.0. The van der Waals surface area contributed by atoms with Crippen LogP contribution >= 0.6 is 11.8 Å². The van der Waals surface area contributed by atoms with E-state index in [-0.39, 0.29) is 11.6 Å². The van der Waals surface area contributed by atoms with Crippen molar-refractivity contribution >= 4 is 11.8 Å². The van der Waals surface area contributed by atoms with Crippen molar-refractivity contribution < 1.29 is 13.5 Å². The maximum Gasteiger partial charge on any atom is 0.265 e. The number of benzene rings is 1. The van der Waals surface area contributed by atoms with Crippen LogP contribution in [-0.2, 0) is 6.42 Å². The molecule has 0 saturated carbocycles. The lowest BCUT2D eigenvalue weighted by Crippen LogP contribution is -2.18. The number of thioether (sulfide) groups is 1. The Morgan fingerprint density at radius 3 is 2.47 bits per heavy atom. The second-order valence-electron chi connectivity index (χ2n) is 3.89. The molecule has 0 aliphatic heterocycles. The average molecular weight is 261 g/mol. The van der Waals surface area contributed by atoms with Crippen LogP contribution in [0.15, 0.2) is 17.0 Å². The Bertz CT molecular complexity index is 383. The predicted molar refractivity (Wildman–Crippen MR) is 67.1 cm³/mol. The van der Waals surface area contributed by atoms with Gasteiger partial charge in [0.2, 0.25) is 0 Å². The van der Waals surface area contributed by atoms with Gasteiger partial charge in [0.25, 0.3) is 6.43 Å². The number of alkyl halides is 2. The zero-order valence-electron chi connectivity index (χ0n) is 10.2. The zero-order valence-corrected chi connectivity index (χ0v) is 11.0. The molecule has 96 valence electrons. The Morgan fingerprint density at radius 1 is 1.41 bits per heavy atom. The Morgan fingerprint density at radius 2 is 2.06 bits per heavy atom. The van der Waals surface area contributed by atoms with Crippen LogP contribution in [0.25, 0.3) is 0 Å². The van der Waals surface area contributed by atoms with Gasteiger partial charge in [0, 0.05) is 16.5 Å². The van der Waals surface area contributed by atoms with Crippen LogP contribution in [0.5, 0.6) is 5.75 Å². The fourth-order valence-electron chi connectivity index (χ4n) is 1.66. The molecular formula is C12H17F2NOS. The molecule has 0 radical (unpaired) electrons. The van der Waals surface area contributed by atoms with Crippen LogP contribution in [0.4, 0.5) is 8.78 Å². The molecule has 0 aromatic heterocycles. The Kier molecular flexibility index (Phi) is 5.21. The normalized spacial score (nSPS) is 12.9. The third kappa shape index (κ3) is 3.57. The molecule has 2 nitrogen and oxygen atoms in total. The Balaban J connectivity index is 3.22. The number of hydrogen-bond donors (Lipinski definition) is 1. The summed E-state index contributed by atoms with van der Waals surface area (Å²) in [7, 11) is 1.48. The van der Waals surface area contributed by atoms with Crippen LogP contribution in [0.3, 0.4) is 0 Å². The highest BCUT2D eigenvalue weighted by atomic mass is 32.2. The molecule has 1 rings (SSSR count). The van der Waals surface area contributed by atoms with E-state index in [9.17, 15) is 8.78 Å². The number of halogens is 2. The summed E-state index contributed by atoms with van der Waals surface area (Å²) in [5.41, 5.74) is 6.61. The van der Waals surface area contributed by atoms with Gasteiger partial charge in [-0.25, -0.2) is 8.78 Å². The van der Waals surface area contributed by atoms with Gasteiger partial charge in [-0.05, 0) is 37.3 Å². The lowest BCUT2D eigenvalue weighted by Gasteiger charge is -2.15. The SMILES string of the molecule is COc1cc(C(F)F)c(SC)cc1CC(C)N. The van der Waals surface area contributed by atoms with Gasteiger partial charge in [0.15, 0.2) is 0 Å². The first kappa shape index (κ1) is 14.3. The summed E-state index contributed by atoms with van der Waals surface area (Å²) in [5, 5.41) is 0. The molecule has 1 aromatic rings. The van der Waals surface area contributed by atoms with Crippen molar-refractivity contribution in [1.82, 2.24) is 0 Å². The molecule has 17 heavy (non-hydrogen) atoms. The van der Waals surface area contributed by atoms with Crippen molar-refractivity contribution in [2.75, 3.05) is 13.4 Å². The van der Waals surface area contributed by atoms with Gasteiger partial charge in [-0.15, -0.1) is 11.8 Å². The van der Waals surface area contributed by atoms with E-state index in [4.69, 9.17) is 10.5 Å². The molecule has 0 fully saturated rings. The number of rotatable bonds is 5. The molecule has 0 aliphatic carbocycles. The molecule has 5 heteroatoms. The highest BCUT2D eigenvalue weighted by molar-refractivity contribution is 7.98. The minimum atomic E-state index is -2.49. The van der Waals surface area contributed by atoms with E-state index < -0.39 is 6.43 Å². The molecule has 1 atom stereocenters. The predicted octanol–water partition coefficient (Wildman–Crippen LogP) is 3.24. The minimum absolute atomic E-state index is 0.0165. The summed E-state index contributed by atoms with van der Waals surface area (Å²) < 4.78 is 30.8. The zero-order chi connectivity index (χ0) is 13.0. The maximum atomic E-state index is 12.8. The van der Waals surface area contributed by atoms with Gasteiger partial charge < -0.3 is 10.5 Å². The van der Waals surface area contributed by atoms with Gasteiger partial charge >= 0.3 is 0 Å². The molecule has 0 bridgehead atoms. The molecule has 0 amide bonds. The van der Waals surface area contributed by atoms with Crippen LogP contribution < -0.4 is 10.5 Å². The summed E-state index contributed by atoms with van der Waals surface area (Å²) in [4.78, 5) is 0.580. The largest absolute Gasteiger partial charge is 0.496 e. The van der Waals surface area contributed by atoms with E-state index in [0.717, 1.165) is 5.56 Å². The van der Waals surface area contributed by atoms with Gasteiger partial charge in [0.1, 0.15) is 5.75 Å². The molecular weight excluding hydrogens is 244 g/mol. The van der Waals surface area contributed by atoms with Crippen LogP contribution in [-0.4, -0.2) is 19.4 Å². The topological polar surface area (TPSA) is 35.2 Å². The van der Waals surface area contributed by atoms with Gasteiger partial charge in [-0.3, -0.25) is 0 Å². The highest BCUT2D eigenvalue weighted by Crippen LogP contribution is 2.35. The first-order valence-electron chi connectivity index (χ1n) is 5.28. The molecule has 0 spiro atoms. The summed E-state index contributed by atoms with van der Waals surface area (Å²) in [6.45, 7) is 1.87. The Labute approximate surface area is 105 Å². The Hall–Kier alpha value is -0.810. The molecule has 1 unspecified atom stereocenters. The van der Waals surface area contributed by atoms with E-state index in [1.165, 1.54) is 24.9 Å². The fraction of sp³-hybridized carbons (Fsp3) is 0.500. The summed E-state index contributed by atoms with van der Waals surface area (Å²) in [5.74, 6) is 0.482. The monoisotopic (exact) mass is 261 g/mol. The summed E-state index contributed by atoms with van der Waals surface area (Å²) >= 11 is 1.31. The van der Waals surface area contributed by atoms with Gasteiger partial charge in [-0.1, -0.05) is 0 Å². The van der Waals surface area contributed by atoms with Crippen LogP contribution in [0.1, 0.15) is 24.5 Å². The van der Waals surface area contributed by atoms with Crippen molar-refractivity contribution in [1.29, 1.82) is 0 Å². The lowest BCUT2D eigenvalue weighted by molar-refractivity contribution is 0.147. The van der Waals surface area contributed by atoms with E-state index >= 15 is 0 Å². The fourth-order valence-corrected chi connectivity index (χ4v) is 2.31. The molecule has 0 aliphatic rings. The average Bonchev–Trinajstić information content (AvgIpc) is 2.27. The number of hydrogen-bond acceptors (Lipinski definition) is 3. The quantitative estimate of drug-likeness (QED) is 0.826. The first-order valence-corrected chi connectivity index (χ1v) is 6.50. The third-order valence-electron chi connectivity index (χ3n) is 2.41. The van der Waals surface area contributed by atoms with Crippen LogP contribution in [0, 0.1) is 0 Å². The van der Waals surface area contributed by atoms with E-state index in [1.807, 2.05) is 6.92 Å². The molecule has 2 N–H and O–H groups in total. The number of ether oxygens (including phenoxy) is 1. The molecule has 0 saturated heterocycles. The second kappa shape index (κ2) is 6.21. The smallest absolute Gasteiger partial charge is 0.265 e. The third-order valence-corrected chi connectivity index (χ3v) is 3.20. The highest BCUT2D eigenvalue weighted by Gasteiger charge is 2.17. The standard InChI is InChI=1S/C12H17F2NOS/c1-7(15)4-8-5-11(17-3)9(12(13)14)6-10(8)16-2/h5-7,12H,4,15H2,1-3H3. The number of methoxy groups -OCH3 is 1. The maximum absolute atomic E-state index is 12.8. The van der Waals surface area contributed by atoms with E-state index in [1.54, 1.807) is 12.3 Å². The van der Waals surface area contributed by atoms with Crippen molar-refractivity contribution in [2.45, 2.75) is 30.7 Å². The molecule has 0 heterocycles. The van der Waals surface area contributed by atoms with Crippen molar-refractivity contribution in [3.63, 3.8) is 0 Å². The van der Waals surface area contributed by atoms with Crippen molar-refractivity contribution in [2.24, 2.45) is 5.73 Å². The van der Waals surface area contributed by atoms with Crippen molar-refractivity contribution in [3.8, 4) is 5.75 Å². The van der Waals surface area contributed by atoms with Gasteiger partial charge in [-0.2, -0.15) is 0 Å². The van der Waals surface area contributed by atoms with Crippen molar-refractivity contribution in [3.05, 3.63) is 23.3 Å². The minimum Gasteiger partial charge on any atom is -0.496 e. The number of nitrogens with two attached hydrogens (primary N) is 1. The van der Waals surface area contributed by atoms with Crippen LogP contribution in [0.2, 0.25) is 0 Å². The summed E-state index contributed by atoms with van der Waals surface area (Å²) in [6, 6.07) is 3.12. The van der Waals surface area contributed by atoms with E-state index in [2.05, 4.69) is 0 Å².